The Bertz CT molecular complexity index is 2190. The number of allylic oxidation sites excluding steroid dienone is 1. The van der Waals surface area contributed by atoms with Crippen LogP contribution in [0.2, 0.25) is 0 Å². The van der Waals surface area contributed by atoms with Crippen LogP contribution in [0.1, 0.15) is 118 Å². The second-order valence-corrected chi connectivity index (χ2v) is 22.5. The molecule has 33 nitrogen and oxygen atoms in total. The molecule has 4 rings (SSSR count). The van der Waals surface area contributed by atoms with Gasteiger partial charge in [-0.3, -0.25) is 19.2 Å². The summed E-state index contributed by atoms with van der Waals surface area (Å²) in [5.74, 6) is -13.8. The molecule has 0 aromatic heterocycles. The predicted octanol–water partition coefficient (Wildman–Crippen LogP) is -5.72. The molecular formula is C55H93N3O30. The number of hydrogen-bond acceptors (Lipinski definition) is 28. The Morgan fingerprint density at radius 1 is 0.636 bits per heavy atom. The fourth-order valence-corrected chi connectivity index (χ4v) is 10.9. The summed E-state index contributed by atoms with van der Waals surface area (Å²) in [7, 11) is 0. The molecule has 88 heavy (non-hydrogen) atoms. The normalized spacial score (nSPS) is 34.8. The van der Waals surface area contributed by atoms with Crippen molar-refractivity contribution < 1.29 is 148 Å². The van der Waals surface area contributed by atoms with Gasteiger partial charge in [-0.15, -0.1) is 0 Å². The minimum absolute atomic E-state index is 0.308. The number of hydrogen-bond donors (Lipinski definition) is 18. The fraction of sp³-hybridized carbons (Fsp3) is 0.855. The van der Waals surface area contributed by atoms with Gasteiger partial charge in [0.25, 0.3) is 11.6 Å². The number of amides is 3. The third kappa shape index (κ3) is 20.9. The summed E-state index contributed by atoms with van der Waals surface area (Å²) in [6.45, 7) is -0.0402. The van der Waals surface area contributed by atoms with E-state index in [0.717, 1.165) is 46.5 Å². The summed E-state index contributed by atoms with van der Waals surface area (Å²) in [4.78, 5) is 74.4. The first-order valence-electron chi connectivity index (χ1n) is 29.6. The molecule has 4 aliphatic rings. The Hall–Kier alpha value is -4.28. The smallest absolute Gasteiger partial charge is 0.364 e. The highest BCUT2D eigenvalue weighted by Crippen LogP contribution is 2.41. The number of carbonyl (C=O) groups excluding carboxylic acids is 4. The van der Waals surface area contributed by atoms with Gasteiger partial charge in [0.2, 0.25) is 18.2 Å². The minimum atomic E-state index is -3.40. The number of nitrogens with one attached hydrogen (secondary N) is 3. The maximum atomic E-state index is 13.5. The van der Waals surface area contributed by atoms with E-state index in [9.17, 15) is 105 Å². The predicted molar refractivity (Wildman–Crippen MR) is 294 cm³/mol. The van der Waals surface area contributed by atoms with Crippen LogP contribution in [0.5, 0.6) is 0 Å². The summed E-state index contributed by atoms with van der Waals surface area (Å²) in [6, 6.07) is -4.77. The van der Waals surface area contributed by atoms with Gasteiger partial charge in [0, 0.05) is 33.6 Å². The zero-order valence-electron chi connectivity index (χ0n) is 49.7. The van der Waals surface area contributed by atoms with Gasteiger partial charge in [-0.05, 0) is 12.8 Å². The summed E-state index contributed by atoms with van der Waals surface area (Å²) < 4.78 is 50.4. The van der Waals surface area contributed by atoms with Gasteiger partial charge >= 0.3 is 17.9 Å². The average molecular weight is 1280 g/mol. The van der Waals surface area contributed by atoms with Crippen LogP contribution in [0.4, 0.5) is 0 Å². The summed E-state index contributed by atoms with van der Waals surface area (Å²) >= 11 is 0. The molecule has 4 heterocycles. The minimum Gasteiger partial charge on any atom is -0.477 e. The SMILES string of the molecule is CCCCCCCCCCCCC/C=C/[C@@H](O)[C@H](CO[C@@H]1O[C@H](CO)[C@@H](O[C@@H]2O[C@H](CO)[C@H](O)[C@H](O[C@]3(C(=O)O)C[C@H](O)[C@@H](NC(C)=O)[C@H]([C@H](O)[C@@H](CO)O[C@]4(C(=O)O)C[C@H](O)[C@@H](NC(C)=O)[C@H]([C@H](O)[C@H](O)COC(C)=O)O4)O3)[C@H]2O)[C@H](O)[C@H]1O)NC=O. The lowest BCUT2D eigenvalue weighted by Gasteiger charge is -2.51. The monoisotopic (exact) mass is 1280 g/mol. The lowest BCUT2D eigenvalue weighted by molar-refractivity contribution is -0.388. The van der Waals surface area contributed by atoms with Gasteiger partial charge in [-0.2, -0.15) is 0 Å². The second-order valence-electron chi connectivity index (χ2n) is 22.5. The summed E-state index contributed by atoms with van der Waals surface area (Å²) in [5.41, 5.74) is 0. The van der Waals surface area contributed by atoms with Crippen molar-refractivity contribution in [2.75, 3.05) is 33.0 Å². The molecule has 33 heteroatoms. The van der Waals surface area contributed by atoms with Crippen molar-refractivity contribution in [3.63, 3.8) is 0 Å². The van der Waals surface area contributed by atoms with E-state index in [2.05, 4.69) is 22.9 Å². The Morgan fingerprint density at radius 2 is 1.16 bits per heavy atom. The Balaban J connectivity index is 1.53. The Kier molecular flexibility index (Phi) is 31.8. The molecule has 0 bridgehead atoms. The number of unbranched alkanes of at least 4 members (excludes halogenated alkanes) is 11. The lowest BCUT2D eigenvalue weighted by Crippen LogP contribution is -2.72. The highest BCUT2D eigenvalue weighted by atomic mass is 16.8. The maximum absolute atomic E-state index is 13.5. The van der Waals surface area contributed by atoms with E-state index < -0.39 is 222 Å². The number of carbonyl (C=O) groups is 6. The lowest BCUT2D eigenvalue weighted by atomic mass is 9.87. The zero-order valence-corrected chi connectivity index (χ0v) is 49.7. The highest BCUT2D eigenvalue weighted by molar-refractivity contribution is 5.77. The molecular weight excluding hydrogens is 1180 g/mol. The number of carboxylic acids is 2. The molecule has 0 unspecified atom stereocenters. The van der Waals surface area contributed by atoms with Crippen molar-refractivity contribution in [2.45, 2.75) is 264 Å². The number of rotatable bonds is 38. The van der Waals surface area contributed by atoms with Crippen molar-refractivity contribution in [3.05, 3.63) is 12.2 Å². The van der Waals surface area contributed by atoms with Crippen molar-refractivity contribution in [3.8, 4) is 0 Å². The first-order valence-corrected chi connectivity index (χ1v) is 29.6. The maximum Gasteiger partial charge on any atom is 0.364 e. The third-order valence-corrected chi connectivity index (χ3v) is 15.7. The molecule has 3 amide bonds. The molecule has 0 aromatic carbocycles. The van der Waals surface area contributed by atoms with Crippen LogP contribution in [0, 0.1) is 0 Å². The van der Waals surface area contributed by atoms with Crippen LogP contribution in [0.25, 0.3) is 0 Å². The molecule has 0 aliphatic carbocycles. The molecule has 0 spiro atoms. The van der Waals surface area contributed by atoms with E-state index in [4.69, 9.17) is 42.6 Å². The van der Waals surface area contributed by atoms with E-state index >= 15 is 0 Å². The number of aliphatic hydroxyl groups is 13. The van der Waals surface area contributed by atoms with Gasteiger partial charge in [0.05, 0.1) is 62.9 Å². The van der Waals surface area contributed by atoms with E-state index in [1.165, 1.54) is 51.0 Å². The van der Waals surface area contributed by atoms with Crippen LogP contribution in [-0.4, -0.2) is 292 Å². The molecule has 24 atom stereocenters. The number of ether oxygens (including phenoxy) is 9. The van der Waals surface area contributed by atoms with Crippen LogP contribution in [0.3, 0.4) is 0 Å². The second kappa shape index (κ2) is 36.7. The molecule has 4 aliphatic heterocycles. The van der Waals surface area contributed by atoms with Crippen LogP contribution < -0.4 is 16.0 Å². The van der Waals surface area contributed by atoms with Gasteiger partial charge in [-0.25, -0.2) is 9.59 Å². The van der Waals surface area contributed by atoms with Gasteiger partial charge < -0.3 is 135 Å². The highest BCUT2D eigenvalue weighted by Gasteiger charge is 2.62. The molecule has 508 valence electrons. The third-order valence-electron chi connectivity index (χ3n) is 15.7. The Labute approximate surface area is 507 Å². The number of aliphatic carboxylic acids is 2. The fourth-order valence-electron chi connectivity index (χ4n) is 10.9. The quantitative estimate of drug-likeness (QED) is 0.0119. The van der Waals surface area contributed by atoms with Gasteiger partial charge in [0.1, 0.15) is 92.1 Å². The average Bonchev–Trinajstić information content (AvgIpc) is 1.39. The standard InChI is InChI=1S/C55H93N3O30/c1-5-6-7-8-9-10-11-12-13-14-15-16-17-18-31(66)30(56-26-62)24-81-50-44(74)43(73)46(37(23-61)83-50)84-51-45(75)49(41(71)35(21-59)82-51)88-55(53(78)79)20-33(68)39(58-28(3)64)48(87-55)42(72)36(22-60)85-54(52(76)77)19-32(67)38(57-27(2)63)47(86-54)40(70)34(69)25-80-29(4)65/h17-18,26,30-51,59-61,66-75H,5-16,19-25H2,1-4H3,(H,56,62)(H,57,63)(H,58,64)(H,76,77)(H,78,79)/b18-17+/t30-,31+,32-,33-,34+,35+,36+,37+,38+,39+,40+,41-,42+,43+,44+,45+,46+,47+,48+,49-,50+,51-,54+,55-/m0/s1. The van der Waals surface area contributed by atoms with Crippen molar-refractivity contribution in [2.24, 2.45) is 0 Å². The number of carboxylic acid groups (broad SMARTS) is 2. The number of esters is 1. The van der Waals surface area contributed by atoms with E-state index in [0.29, 0.717) is 12.8 Å². The molecule has 4 saturated heterocycles. The van der Waals surface area contributed by atoms with Crippen molar-refractivity contribution in [1.82, 2.24) is 16.0 Å². The largest absolute Gasteiger partial charge is 0.477 e. The van der Waals surface area contributed by atoms with Crippen LogP contribution >= 0.6 is 0 Å². The molecule has 4 fully saturated rings. The van der Waals surface area contributed by atoms with E-state index in [1.54, 1.807) is 6.08 Å². The first kappa shape index (κ1) is 76.2. The molecule has 18 N–H and O–H groups in total. The van der Waals surface area contributed by atoms with Crippen LogP contribution in [-0.2, 0) is 71.4 Å². The van der Waals surface area contributed by atoms with Gasteiger partial charge in [-0.1, -0.05) is 83.3 Å². The number of aliphatic hydroxyl groups excluding tert-OH is 13. The van der Waals surface area contributed by atoms with Crippen molar-refractivity contribution in [1.29, 1.82) is 0 Å². The van der Waals surface area contributed by atoms with Crippen molar-refractivity contribution >= 4 is 36.1 Å². The Morgan fingerprint density at radius 3 is 1.67 bits per heavy atom. The van der Waals surface area contributed by atoms with Crippen LogP contribution in [0.15, 0.2) is 12.2 Å². The van der Waals surface area contributed by atoms with E-state index in [1.807, 2.05) is 0 Å². The molecule has 0 aromatic rings. The topological polar surface area (TPSA) is 525 Å². The summed E-state index contributed by atoms with van der Waals surface area (Å²) in [5, 5.41) is 173. The zero-order chi connectivity index (χ0) is 65.6. The van der Waals surface area contributed by atoms with E-state index in [-0.39, 0.29) is 0 Å². The van der Waals surface area contributed by atoms with Gasteiger partial charge in [0.15, 0.2) is 12.6 Å². The summed E-state index contributed by atoms with van der Waals surface area (Å²) in [6.07, 6.45) is -25.8. The first-order chi connectivity index (χ1) is 41.7. The molecule has 0 saturated carbocycles. The molecule has 0 radical (unpaired) electrons.